The van der Waals surface area contributed by atoms with E-state index in [1.165, 1.54) is 4.52 Å². The molecule has 1 amide bonds. The van der Waals surface area contributed by atoms with Crippen molar-refractivity contribution in [2.45, 2.75) is 39.2 Å². The molecule has 0 unspecified atom stereocenters. The smallest absolute Gasteiger partial charge is 0.277 e. The summed E-state index contributed by atoms with van der Waals surface area (Å²) in [5.41, 5.74) is 2.94. The number of fused-ring (bicyclic) bond motifs is 1. The Morgan fingerprint density at radius 3 is 2.71 bits per heavy atom. The fraction of sp³-hybridized carbons (Fsp3) is 0.381. The molecule has 1 aliphatic heterocycles. The number of aromatic nitrogens is 3. The molecule has 3 heterocycles. The highest BCUT2D eigenvalue weighted by Crippen LogP contribution is 2.33. The molecule has 9 nitrogen and oxygen atoms in total. The van der Waals surface area contributed by atoms with Crippen LogP contribution in [0.15, 0.2) is 35.1 Å². The molecule has 0 bridgehead atoms. The number of nitrogens with one attached hydrogen (secondary N) is 2. The first-order valence-corrected chi connectivity index (χ1v) is 12.0. The first-order valence-electron chi connectivity index (χ1n) is 10.1. The molecule has 164 valence electrons. The van der Waals surface area contributed by atoms with Crippen molar-refractivity contribution in [1.82, 2.24) is 19.5 Å². The van der Waals surface area contributed by atoms with Crippen molar-refractivity contribution in [3.05, 3.63) is 63.2 Å². The average Bonchev–Trinajstić information content (AvgIpc) is 3.15. The summed E-state index contributed by atoms with van der Waals surface area (Å²) in [6, 6.07) is 8.07. The maximum absolute atomic E-state index is 13.5. The lowest BCUT2D eigenvalue weighted by molar-refractivity contribution is 0.0607. The van der Waals surface area contributed by atoms with Crippen molar-refractivity contribution in [1.29, 1.82) is 0 Å². The van der Waals surface area contributed by atoms with E-state index in [0.29, 0.717) is 29.9 Å². The lowest BCUT2D eigenvalue weighted by atomic mass is 9.98. The predicted octanol–water partition coefficient (Wildman–Crippen LogP) is 2.38. The van der Waals surface area contributed by atoms with Gasteiger partial charge in [-0.3, -0.25) is 14.3 Å². The number of hydrogen-bond acceptors (Lipinski definition) is 5. The van der Waals surface area contributed by atoms with Gasteiger partial charge in [-0.1, -0.05) is 12.1 Å². The first kappa shape index (κ1) is 21.1. The van der Waals surface area contributed by atoms with E-state index in [2.05, 4.69) is 14.8 Å². The summed E-state index contributed by atoms with van der Waals surface area (Å²) in [4.78, 5) is 31.0. The van der Waals surface area contributed by atoms with Gasteiger partial charge in [0.15, 0.2) is 0 Å². The number of piperidine rings is 1. The molecular weight excluding hydrogens is 418 g/mol. The van der Waals surface area contributed by atoms with E-state index >= 15 is 0 Å². The number of aromatic amines is 1. The highest BCUT2D eigenvalue weighted by molar-refractivity contribution is 7.92. The molecule has 0 spiro atoms. The Balaban J connectivity index is 1.74. The molecule has 0 radical (unpaired) electrons. The molecule has 0 aliphatic carbocycles. The van der Waals surface area contributed by atoms with Crippen molar-refractivity contribution >= 4 is 27.3 Å². The van der Waals surface area contributed by atoms with E-state index in [1.54, 1.807) is 36.1 Å². The quantitative estimate of drug-likeness (QED) is 0.642. The van der Waals surface area contributed by atoms with Crippen LogP contribution >= 0.6 is 0 Å². The van der Waals surface area contributed by atoms with Crippen molar-refractivity contribution < 1.29 is 13.2 Å². The standard InChI is InChI=1S/C21H25N5O4S/c1-13-14(2)22-19-12-17(23-26(19)20(13)27)18-10-6-7-11-25(18)21(28)15-8-4-5-9-16(15)24-31(3,29)30/h4-5,8-9,12,18,22,24H,6-7,10-11H2,1-3H3/t18-/m0/s1. The third-order valence-corrected chi connectivity index (χ3v) is 6.27. The number of likely N-dealkylation sites (tertiary alicyclic amines) is 1. The van der Waals surface area contributed by atoms with E-state index in [9.17, 15) is 18.0 Å². The fourth-order valence-corrected chi connectivity index (χ4v) is 4.58. The number of anilines is 1. The van der Waals surface area contributed by atoms with Gasteiger partial charge >= 0.3 is 0 Å². The van der Waals surface area contributed by atoms with E-state index in [1.807, 2.05) is 13.0 Å². The van der Waals surface area contributed by atoms with Gasteiger partial charge in [0.2, 0.25) is 10.0 Å². The number of carbonyl (C=O) groups is 1. The topological polar surface area (TPSA) is 117 Å². The van der Waals surface area contributed by atoms with E-state index in [4.69, 9.17) is 0 Å². The number of aryl methyl sites for hydroxylation is 1. The Hall–Kier alpha value is -3.14. The average molecular weight is 444 g/mol. The van der Waals surface area contributed by atoms with Gasteiger partial charge in [-0.2, -0.15) is 9.61 Å². The summed E-state index contributed by atoms with van der Waals surface area (Å²) in [5.74, 6) is -0.271. The second-order valence-corrected chi connectivity index (χ2v) is 9.72. The maximum atomic E-state index is 13.5. The minimum absolute atomic E-state index is 0.186. The van der Waals surface area contributed by atoms with Crippen molar-refractivity contribution in [3.63, 3.8) is 0 Å². The molecule has 1 aliphatic rings. The Labute approximate surface area is 180 Å². The summed E-state index contributed by atoms with van der Waals surface area (Å²) in [5, 5.41) is 4.51. The van der Waals surface area contributed by atoms with Gasteiger partial charge < -0.3 is 9.88 Å². The Morgan fingerprint density at radius 2 is 1.97 bits per heavy atom. The minimum Gasteiger partial charge on any atom is -0.343 e. The number of hydrogen-bond donors (Lipinski definition) is 2. The predicted molar refractivity (Wildman–Crippen MR) is 118 cm³/mol. The molecule has 1 aromatic carbocycles. The molecule has 1 atom stereocenters. The molecule has 2 N–H and O–H groups in total. The number of H-pyrrole nitrogens is 1. The summed E-state index contributed by atoms with van der Waals surface area (Å²) in [7, 11) is -3.54. The zero-order valence-electron chi connectivity index (χ0n) is 17.7. The lowest BCUT2D eigenvalue weighted by Gasteiger charge is -2.35. The van der Waals surface area contributed by atoms with Gasteiger partial charge in [0.25, 0.3) is 11.5 Å². The number of benzene rings is 1. The number of sulfonamides is 1. The van der Waals surface area contributed by atoms with Crippen molar-refractivity contribution in [2.75, 3.05) is 17.5 Å². The van der Waals surface area contributed by atoms with Gasteiger partial charge in [-0.05, 0) is 45.2 Å². The Bertz CT molecular complexity index is 1330. The molecule has 3 aromatic rings. The second kappa shape index (κ2) is 7.84. The highest BCUT2D eigenvalue weighted by Gasteiger charge is 2.32. The summed E-state index contributed by atoms with van der Waals surface area (Å²) < 4.78 is 27.2. The van der Waals surface area contributed by atoms with Crippen LogP contribution in [0.25, 0.3) is 5.65 Å². The molecular formula is C21H25N5O4S. The van der Waals surface area contributed by atoms with Crippen LogP contribution in [0.5, 0.6) is 0 Å². The molecule has 1 fully saturated rings. The van der Waals surface area contributed by atoms with Crippen LogP contribution in [0.3, 0.4) is 0 Å². The maximum Gasteiger partial charge on any atom is 0.277 e. The zero-order valence-corrected chi connectivity index (χ0v) is 18.5. The molecule has 31 heavy (non-hydrogen) atoms. The van der Waals surface area contributed by atoms with Crippen molar-refractivity contribution in [2.24, 2.45) is 0 Å². The third kappa shape index (κ3) is 4.07. The normalized spacial score (nSPS) is 17.1. The van der Waals surface area contributed by atoms with Gasteiger partial charge in [-0.15, -0.1) is 0 Å². The monoisotopic (exact) mass is 443 g/mol. The molecule has 4 rings (SSSR count). The van der Waals surface area contributed by atoms with Crippen LogP contribution < -0.4 is 10.3 Å². The summed E-state index contributed by atoms with van der Waals surface area (Å²) in [6.07, 6.45) is 3.53. The number of rotatable bonds is 4. The van der Waals surface area contributed by atoms with Crippen LogP contribution in [0.2, 0.25) is 0 Å². The molecule has 0 saturated carbocycles. The molecule has 1 saturated heterocycles. The number of nitrogens with zero attached hydrogens (tertiary/aromatic N) is 3. The zero-order chi connectivity index (χ0) is 22.3. The molecule has 10 heteroatoms. The van der Waals surface area contributed by atoms with Gasteiger partial charge in [0.05, 0.1) is 29.2 Å². The van der Waals surface area contributed by atoms with Crippen LogP contribution in [0.1, 0.15) is 52.6 Å². The Morgan fingerprint density at radius 1 is 1.23 bits per heavy atom. The van der Waals surface area contributed by atoms with Crippen LogP contribution in [0.4, 0.5) is 5.69 Å². The van der Waals surface area contributed by atoms with E-state index in [-0.39, 0.29) is 28.8 Å². The van der Waals surface area contributed by atoms with Gasteiger partial charge in [0, 0.05) is 23.9 Å². The van der Waals surface area contributed by atoms with E-state index in [0.717, 1.165) is 24.8 Å². The largest absolute Gasteiger partial charge is 0.343 e. The van der Waals surface area contributed by atoms with Gasteiger partial charge in [0.1, 0.15) is 5.65 Å². The fourth-order valence-electron chi connectivity index (χ4n) is 4.01. The summed E-state index contributed by atoms with van der Waals surface area (Å²) in [6.45, 7) is 4.11. The molecule has 2 aromatic heterocycles. The van der Waals surface area contributed by atoms with Crippen LogP contribution in [0, 0.1) is 13.8 Å². The lowest BCUT2D eigenvalue weighted by Crippen LogP contribution is -2.39. The van der Waals surface area contributed by atoms with Crippen LogP contribution in [-0.4, -0.2) is 46.6 Å². The first-order chi connectivity index (χ1) is 14.7. The van der Waals surface area contributed by atoms with Crippen molar-refractivity contribution in [3.8, 4) is 0 Å². The Kier molecular flexibility index (Phi) is 5.34. The van der Waals surface area contributed by atoms with Gasteiger partial charge in [-0.25, -0.2) is 8.42 Å². The van der Waals surface area contributed by atoms with E-state index < -0.39 is 10.0 Å². The second-order valence-electron chi connectivity index (χ2n) is 7.98. The minimum atomic E-state index is -3.54. The summed E-state index contributed by atoms with van der Waals surface area (Å²) >= 11 is 0. The highest BCUT2D eigenvalue weighted by atomic mass is 32.2. The number of amides is 1. The SMILES string of the molecule is Cc1[nH]c2cc([C@@H]3CCCCN3C(=O)c3ccccc3NS(C)(=O)=O)nn2c(=O)c1C. The number of carbonyl (C=O) groups excluding carboxylic acids is 1. The number of para-hydroxylation sites is 1. The third-order valence-electron chi connectivity index (χ3n) is 5.68. The van der Waals surface area contributed by atoms with Crippen LogP contribution in [-0.2, 0) is 10.0 Å².